The van der Waals surface area contributed by atoms with Crippen molar-refractivity contribution in [1.82, 2.24) is 0 Å². The van der Waals surface area contributed by atoms with E-state index in [2.05, 4.69) is 13.8 Å². The van der Waals surface area contributed by atoms with Crippen LogP contribution in [0.3, 0.4) is 0 Å². The SMILES string of the molecule is COc1ccc(Cl)cc1C1(O)CCCCC1C(C)C. The Bertz CT molecular complexity index is 444. The maximum Gasteiger partial charge on any atom is 0.125 e. The van der Waals surface area contributed by atoms with Gasteiger partial charge in [-0.1, -0.05) is 38.3 Å². The quantitative estimate of drug-likeness (QED) is 0.891. The lowest BCUT2D eigenvalue weighted by molar-refractivity contribution is -0.0734. The summed E-state index contributed by atoms with van der Waals surface area (Å²) in [4.78, 5) is 0. The van der Waals surface area contributed by atoms with Crippen molar-refractivity contribution in [3.63, 3.8) is 0 Å². The van der Waals surface area contributed by atoms with E-state index in [-0.39, 0.29) is 5.92 Å². The van der Waals surface area contributed by atoms with Gasteiger partial charge in [0.1, 0.15) is 5.75 Å². The van der Waals surface area contributed by atoms with Gasteiger partial charge in [-0.3, -0.25) is 0 Å². The molecule has 0 bridgehead atoms. The highest BCUT2D eigenvalue weighted by Gasteiger charge is 2.43. The van der Waals surface area contributed by atoms with E-state index in [0.29, 0.717) is 10.9 Å². The molecule has 2 rings (SSSR count). The van der Waals surface area contributed by atoms with Crippen molar-refractivity contribution in [1.29, 1.82) is 0 Å². The maximum atomic E-state index is 11.3. The van der Waals surface area contributed by atoms with Gasteiger partial charge in [-0.15, -0.1) is 0 Å². The van der Waals surface area contributed by atoms with E-state index in [0.717, 1.165) is 30.6 Å². The molecule has 3 heteroatoms. The van der Waals surface area contributed by atoms with Crippen molar-refractivity contribution < 1.29 is 9.84 Å². The third-order valence-electron chi connectivity index (χ3n) is 4.37. The predicted molar refractivity (Wildman–Crippen MR) is 78.7 cm³/mol. The molecule has 0 aliphatic heterocycles. The zero-order chi connectivity index (χ0) is 14.0. The van der Waals surface area contributed by atoms with E-state index in [1.54, 1.807) is 13.2 Å². The second kappa shape index (κ2) is 5.72. The van der Waals surface area contributed by atoms with Gasteiger partial charge in [-0.2, -0.15) is 0 Å². The summed E-state index contributed by atoms with van der Waals surface area (Å²) in [5, 5.41) is 11.9. The van der Waals surface area contributed by atoms with E-state index in [9.17, 15) is 5.11 Å². The molecule has 106 valence electrons. The number of methoxy groups -OCH3 is 1. The molecular weight excluding hydrogens is 260 g/mol. The average molecular weight is 283 g/mol. The van der Waals surface area contributed by atoms with Gasteiger partial charge in [0.2, 0.25) is 0 Å². The summed E-state index contributed by atoms with van der Waals surface area (Å²) in [7, 11) is 1.64. The van der Waals surface area contributed by atoms with E-state index in [4.69, 9.17) is 16.3 Å². The second-order valence-electron chi connectivity index (χ2n) is 5.87. The van der Waals surface area contributed by atoms with Gasteiger partial charge < -0.3 is 9.84 Å². The lowest BCUT2D eigenvalue weighted by Gasteiger charge is -2.43. The van der Waals surface area contributed by atoms with Gasteiger partial charge in [0.25, 0.3) is 0 Å². The Labute approximate surface area is 120 Å². The van der Waals surface area contributed by atoms with Crippen LogP contribution in [0.15, 0.2) is 18.2 Å². The topological polar surface area (TPSA) is 29.5 Å². The van der Waals surface area contributed by atoms with Crippen LogP contribution in [0, 0.1) is 11.8 Å². The summed E-state index contributed by atoms with van der Waals surface area (Å²) in [6, 6.07) is 5.52. The molecule has 0 aromatic heterocycles. The molecule has 19 heavy (non-hydrogen) atoms. The van der Waals surface area contributed by atoms with Crippen molar-refractivity contribution in [3.05, 3.63) is 28.8 Å². The number of hydrogen-bond donors (Lipinski definition) is 1. The third kappa shape index (κ3) is 2.75. The molecule has 1 saturated carbocycles. The van der Waals surface area contributed by atoms with Crippen molar-refractivity contribution in [2.45, 2.75) is 45.1 Å². The summed E-state index contributed by atoms with van der Waals surface area (Å²) in [6.07, 6.45) is 4.08. The van der Waals surface area contributed by atoms with Crippen LogP contribution in [0.4, 0.5) is 0 Å². The van der Waals surface area contributed by atoms with E-state index < -0.39 is 5.60 Å². The van der Waals surface area contributed by atoms with Crippen molar-refractivity contribution in [2.75, 3.05) is 7.11 Å². The number of benzene rings is 1. The highest BCUT2D eigenvalue weighted by Crippen LogP contribution is 2.48. The third-order valence-corrected chi connectivity index (χ3v) is 4.60. The molecule has 1 aromatic rings. The minimum absolute atomic E-state index is 0.258. The Hall–Kier alpha value is -0.730. The van der Waals surface area contributed by atoms with Gasteiger partial charge in [-0.25, -0.2) is 0 Å². The van der Waals surface area contributed by atoms with Crippen molar-refractivity contribution >= 4 is 11.6 Å². The fourth-order valence-corrected chi connectivity index (χ4v) is 3.59. The Morgan fingerprint density at radius 2 is 2.11 bits per heavy atom. The summed E-state index contributed by atoms with van der Waals surface area (Å²) in [5.74, 6) is 1.43. The second-order valence-corrected chi connectivity index (χ2v) is 6.30. The number of aliphatic hydroxyl groups is 1. The largest absolute Gasteiger partial charge is 0.496 e. The summed E-state index contributed by atoms with van der Waals surface area (Å²) in [5.41, 5.74) is 0.0313. The molecule has 1 aliphatic carbocycles. The molecule has 0 heterocycles. The normalized spacial score (nSPS) is 27.6. The molecule has 2 atom stereocenters. The van der Waals surface area contributed by atoms with Crippen LogP contribution in [-0.2, 0) is 5.60 Å². The first kappa shape index (κ1) is 14.7. The van der Waals surface area contributed by atoms with Gasteiger partial charge >= 0.3 is 0 Å². The Balaban J connectivity index is 2.49. The van der Waals surface area contributed by atoms with E-state index in [1.807, 2.05) is 12.1 Å². The molecule has 0 spiro atoms. The average Bonchev–Trinajstić information content (AvgIpc) is 2.38. The van der Waals surface area contributed by atoms with Crippen LogP contribution >= 0.6 is 11.6 Å². The summed E-state index contributed by atoms with van der Waals surface area (Å²) in [6.45, 7) is 4.36. The molecule has 1 fully saturated rings. The first-order valence-electron chi connectivity index (χ1n) is 7.05. The Morgan fingerprint density at radius 3 is 2.74 bits per heavy atom. The van der Waals surface area contributed by atoms with Gasteiger partial charge in [-0.05, 0) is 42.9 Å². The van der Waals surface area contributed by atoms with Crippen molar-refractivity contribution in [3.8, 4) is 5.75 Å². The molecule has 1 aromatic carbocycles. The Kier molecular flexibility index (Phi) is 4.42. The van der Waals surface area contributed by atoms with Crippen LogP contribution in [0.1, 0.15) is 45.1 Å². The fraction of sp³-hybridized carbons (Fsp3) is 0.625. The molecule has 0 radical (unpaired) electrons. The zero-order valence-corrected chi connectivity index (χ0v) is 12.7. The number of halogens is 1. The van der Waals surface area contributed by atoms with Gasteiger partial charge in [0, 0.05) is 10.6 Å². The molecule has 1 N–H and O–H groups in total. The maximum absolute atomic E-state index is 11.3. The molecule has 0 saturated heterocycles. The van der Waals surface area contributed by atoms with Gasteiger partial charge in [0.15, 0.2) is 0 Å². The minimum atomic E-state index is -0.817. The van der Waals surface area contributed by atoms with Crippen LogP contribution in [0.25, 0.3) is 0 Å². The highest BCUT2D eigenvalue weighted by molar-refractivity contribution is 6.30. The predicted octanol–water partition coefficient (Wildman–Crippen LogP) is 4.38. The molecule has 2 nitrogen and oxygen atoms in total. The van der Waals surface area contributed by atoms with Crippen molar-refractivity contribution in [2.24, 2.45) is 11.8 Å². The summed E-state index contributed by atoms with van der Waals surface area (Å²) >= 11 is 6.12. The monoisotopic (exact) mass is 282 g/mol. The first-order valence-corrected chi connectivity index (χ1v) is 7.43. The molecular formula is C16H23ClO2. The lowest BCUT2D eigenvalue weighted by Crippen LogP contribution is -2.41. The van der Waals surface area contributed by atoms with Crippen LogP contribution in [0.2, 0.25) is 5.02 Å². The lowest BCUT2D eigenvalue weighted by atomic mass is 9.67. The van der Waals surface area contributed by atoms with Gasteiger partial charge in [0.05, 0.1) is 12.7 Å². The van der Waals surface area contributed by atoms with Crippen LogP contribution in [-0.4, -0.2) is 12.2 Å². The fourth-order valence-electron chi connectivity index (χ4n) is 3.42. The minimum Gasteiger partial charge on any atom is -0.496 e. The smallest absolute Gasteiger partial charge is 0.125 e. The molecule has 0 amide bonds. The number of hydrogen-bond acceptors (Lipinski definition) is 2. The molecule has 2 unspecified atom stereocenters. The number of ether oxygens (including phenoxy) is 1. The zero-order valence-electron chi connectivity index (χ0n) is 11.9. The standard InChI is InChI=1S/C16H23ClO2/c1-11(2)13-6-4-5-9-16(13,18)14-10-12(17)7-8-15(14)19-3/h7-8,10-11,13,18H,4-6,9H2,1-3H3. The summed E-state index contributed by atoms with van der Waals surface area (Å²) < 4.78 is 5.43. The highest BCUT2D eigenvalue weighted by atomic mass is 35.5. The number of rotatable bonds is 3. The Morgan fingerprint density at radius 1 is 1.37 bits per heavy atom. The van der Waals surface area contributed by atoms with Crippen LogP contribution < -0.4 is 4.74 Å². The van der Waals surface area contributed by atoms with E-state index in [1.165, 1.54) is 6.42 Å². The van der Waals surface area contributed by atoms with Crippen LogP contribution in [0.5, 0.6) is 5.75 Å². The first-order chi connectivity index (χ1) is 8.99. The van der Waals surface area contributed by atoms with E-state index >= 15 is 0 Å². The molecule has 1 aliphatic rings.